The molecule has 4 N–H and O–H groups in total. The van der Waals surface area contributed by atoms with Crippen LogP contribution in [0.5, 0.6) is 0 Å². The maximum absolute atomic E-state index is 12.8. The van der Waals surface area contributed by atoms with Crippen molar-refractivity contribution < 1.29 is 19.4 Å². The Labute approximate surface area is 279 Å². The number of imidazole rings is 1. The average Bonchev–Trinajstić information content (AvgIpc) is 3.44. The molecule has 2 aromatic carbocycles. The molecule has 1 saturated carbocycles. The van der Waals surface area contributed by atoms with Gasteiger partial charge < -0.3 is 30.5 Å². The molecule has 48 heavy (non-hydrogen) atoms. The third-order valence-corrected chi connectivity index (χ3v) is 9.06. The SMILES string of the molecule is CC(C)(C)OC(=O)NC1(c2ccc(-n3c(-c4cccnc4N)nc4ccc(-c5cccc(N6CCOC(CO)C6)c5)nc43)cc2)CCC1. The number of alkyl carbamates (subject to hydrolysis) is 1. The molecule has 11 nitrogen and oxygen atoms in total. The molecule has 4 heterocycles. The Kier molecular flexibility index (Phi) is 8.26. The van der Waals surface area contributed by atoms with Crippen LogP contribution in [0.3, 0.4) is 0 Å². The molecule has 2 fully saturated rings. The van der Waals surface area contributed by atoms with Crippen LogP contribution < -0.4 is 16.0 Å². The van der Waals surface area contributed by atoms with E-state index < -0.39 is 17.2 Å². The Bertz CT molecular complexity index is 1950. The second-order valence-corrected chi connectivity index (χ2v) is 13.5. The summed E-state index contributed by atoms with van der Waals surface area (Å²) >= 11 is 0. The number of aliphatic hydroxyl groups is 1. The first-order valence-corrected chi connectivity index (χ1v) is 16.4. The fourth-order valence-corrected chi connectivity index (χ4v) is 6.52. The second kappa shape index (κ2) is 12.6. The van der Waals surface area contributed by atoms with Crippen molar-refractivity contribution in [2.45, 2.75) is 57.3 Å². The van der Waals surface area contributed by atoms with Crippen LogP contribution in [0.15, 0.2) is 79.0 Å². The summed E-state index contributed by atoms with van der Waals surface area (Å²) in [6, 6.07) is 24.2. The maximum atomic E-state index is 12.8. The van der Waals surface area contributed by atoms with Gasteiger partial charge in [0.15, 0.2) is 11.5 Å². The van der Waals surface area contributed by atoms with E-state index in [1.54, 1.807) is 6.20 Å². The first-order valence-electron chi connectivity index (χ1n) is 16.4. The maximum Gasteiger partial charge on any atom is 0.408 e. The van der Waals surface area contributed by atoms with Crippen molar-refractivity contribution in [1.29, 1.82) is 0 Å². The Morgan fingerprint density at radius 1 is 1.06 bits per heavy atom. The molecule has 1 saturated heterocycles. The molecule has 0 radical (unpaired) electrons. The molecule has 7 rings (SSSR count). The van der Waals surface area contributed by atoms with Crippen molar-refractivity contribution in [3.63, 3.8) is 0 Å². The quantitative estimate of drug-likeness (QED) is 0.199. The lowest BCUT2D eigenvalue weighted by molar-refractivity contribution is 0.00357. The van der Waals surface area contributed by atoms with Crippen molar-refractivity contribution in [3.05, 3.63) is 84.6 Å². The summed E-state index contributed by atoms with van der Waals surface area (Å²) in [5.41, 5.74) is 12.1. The summed E-state index contributed by atoms with van der Waals surface area (Å²) in [7, 11) is 0. The van der Waals surface area contributed by atoms with Crippen molar-refractivity contribution >= 4 is 28.8 Å². The minimum atomic E-state index is -0.579. The van der Waals surface area contributed by atoms with E-state index in [0.29, 0.717) is 36.0 Å². The molecule has 248 valence electrons. The molecular weight excluding hydrogens is 606 g/mol. The number of pyridine rings is 2. The fourth-order valence-electron chi connectivity index (χ4n) is 6.52. The van der Waals surface area contributed by atoms with Crippen molar-refractivity contribution in [2.75, 3.05) is 36.9 Å². The standard InChI is InChI=1S/C37H41N7O4/c1-36(2,3)48-35(46)42-37(16-6-17-37)25-10-12-26(13-11-25)44-33(29-9-5-18-39-32(29)38)41-31-15-14-30(40-34(31)44)24-7-4-8-27(21-24)43-19-20-47-28(22-43)23-45/h4-5,7-15,18,21,28,45H,6,16-17,19-20,22-23H2,1-3H3,(H2,38,39)(H,42,46). The molecule has 11 heteroatoms. The van der Waals surface area contributed by atoms with Crippen LogP contribution in [0.2, 0.25) is 0 Å². The largest absolute Gasteiger partial charge is 0.444 e. The lowest BCUT2D eigenvalue weighted by Gasteiger charge is -2.43. The Morgan fingerprint density at radius 3 is 2.58 bits per heavy atom. The van der Waals surface area contributed by atoms with E-state index in [2.05, 4.69) is 39.5 Å². The molecule has 1 aliphatic carbocycles. The monoisotopic (exact) mass is 647 g/mol. The number of aromatic nitrogens is 4. The van der Waals surface area contributed by atoms with Crippen LogP contribution >= 0.6 is 0 Å². The molecule has 1 aliphatic heterocycles. The van der Waals surface area contributed by atoms with E-state index in [1.807, 2.05) is 73.9 Å². The highest BCUT2D eigenvalue weighted by Crippen LogP contribution is 2.42. The number of carbonyl (C=O) groups excluding carboxylic acids is 1. The molecule has 1 atom stereocenters. The van der Waals surface area contributed by atoms with Crippen molar-refractivity contribution in [2.24, 2.45) is 0 Å². The summed E-state index contributed by atoms with van der Waals surface area (Å²) in [6.07, 6.45) is 3.75. The van der Waals surface area contributed by atoms with Gasteiger partial charge in [-0.1, -0.05) is 24.3 Å². The molecule has 5 aromatic rings. The average molecular weight is 648 g/mol. The summed E-state index contributed by atoms with van der Waals surface area (Å²) in [4.78, 5) is 29.5. The number of amides is 1. The Hall–Kier alpha value is -5.00. The van der Waals surface area contributed by atoms with Gasteiger partial charge >= 0.3 is 6.09 Å². The summed E-state index contributed by atoms with van der Waals surface area (Å²) in [6.45, 7) is 7.53. The number of aliphatic hydroxyl groups excluding tert-OH is 1. The smallest absolute Gasteiger partial charge is 0.408 e. The minimum Gasteiger partial charge on any atom is -0.444 e. The number of nitrogen functional groups attached to an aromatic ring is 1. The number of nitrogens with two attached hydrogens (primary N) is 1. The highest BCUT2D eigenvalue weighted by molar-refractivity contribution is 5.85. The first-order chi connectivity index (χ1) is 23.1. The van der Waals surface area contributed by atoms with Crippen LogP contribution in [0.25, 0.3) is 39.5 Å². The van der Waals surface area contributed by atoms with E-state index in [4.69, 9.17) is 25.2 Å². The van der Waals surface area contributed by atoms with Crippen LogP contribution in [0.4, 0.5) is 16.3 Å². The number of rotatable bonds is 7. The lowest BCUT2D eigenvalue weighted by atomic mass is 9.72. The highest BCUT2D eigenvalue weighted by Gasteiger charge is 2.41. The predicted octanol–water partition coefficient (Wildman–Crippen LogP) is 5.83. The van der Waals surface area contributed by atoms with E-state index >= 15 is 0 Å². The fraction of sp³-hybridized carbons (Fsp3) is 0.351. The molecule has 1 amide bonds. The van der Waals surface area contributed by atoms with Gasteiger partial charge in [0, 0.05) is 36.2 Å². The number of ether oxygens (including phenoxy) is 2. The number of morpholine rings is 1. The van der Waals surface area contributed by atoms with Gasteiger partial charge in [-0.05, 0) is 94.1 Å². The van der Waals surface area contributed by atoms with E-state index in [9.17, 15) is 9.90 Å². The van der Waals surface area contributed by atoms with Gasteiger partial charge in [-0.25, -0.2) is 19.7 Å². The molecule has 1 unspecified atom stereocenters. The Balaban J connectivity index is 1.28. The lowest BCUT2D eigenvalue weighted by Crippen LogP contribution is -2.52. The normalized spacial score (nSPS) is 17.6. The van der Waals surface area contributed by atoms with Gasteiger partial charge in [0.25, 0.3) is 0 Å². The van der Waals surface area contributed by atoms with Crippen LogP contribution in [0, 0.1) is 0 Å². The van der Waals surface area contributed by atoms with Crippen LogP contribution in [-0.4, -0.2) is 68.7 Å². The zero-order valence-corrected chi connectivity index (χ0v) is 27.5. The minimum absolute atomic E-state index is 0.00952. The van der Waals surface area contributed by atoms with Gasteiger partial charge in [-0.3, -0.25) is 4.57 Å². The number of hydrogen-bond acceptors (Lipinski definition) is 9. The van der Waals surface area contributed by atoms with Crippen molar-refractivity contribution in [1.82, 2.24) is 24.8 Å². The molecule has 2 aliphatic rings. The Morgan fingerprint density at radius 2 is 1.88 bits per heavy atom. The number of nitrogens with zero attached hydrogens (tertiary/aromatic N) is 5. The molecule has 0 bridgehead atoms. The zero-order chi connectivity index (χ0) is 33.5. The second-order valence-electron chi connectivity index (χ2n) is 13.5. The number of anilines is 2. The molecule has 3 aromatic heterocycles. The molecular formula is C37H41N7O4. The topological polar surface area (TPSA) is 141 Å². The summed E-state index contributed by atoms with van der Waals surface area (Å²) in [5.74, 6) is 1.01. The van der Waals surface area contributed by atoms with Gasteiger partial charge in [0.2, 0.25) is 0 Å². The van der Waals surface area contributed by atoms with Gasteiger partial charge in [-0.15, -0.1) is 0 Å². The zero-order valence-electron chi connectivity index (χ0n) is 27.5. The molecule has 0 spiro atoms. The third kappa shape index (κ3) is 6.18. The van der Waals surface area contributed by atoms with Crippen LogP contribution in [-0.2, 0) is 15.0 Å². The first kappa shape index (κ1) is 31.6. The summed E-state index contributed by atoms with van der Waals surface area (Å²) < 4.78 is 13.3. The van der Waals surface area contributed by atoms with E-state index in [0.717, 1.165) is 59.5 Å². The number of fused-ring (bicyclic) bond motifs is 1. The van der Waals surface area contributed by atoms with Gasteiger partial charge in [-0.2, -0.15) is 0 Å². The number of nitrogens with one attached hydrogen (secondary N) is 1. The van der Waals surface area contributed by atoms with Gasteiger partial charge in [0.05, 0.1) is 36.1 Å². The van der Waals surface area contributed by atoms with Crippen molar-refractivity contribution in [3.8, 4) is 28.3 Å². The van der Waals surface area contributed by atoms with Crippen LogP contribution in [0.1, 0.15) is 45.6 Å². The highest BCUT2D eigenvalue weighted by atomic mass is 16.6. The van der Waals surface area contributed by atoms with Gasteiger partial charge in [0.1, 0.15) is 16.9 Å². The number of benzene rings is 2. The predicted molar refractivity (Wildman–Crippen MR) is 186 cm³/mol. The summed E-state index contributed by atoms with van der Waals surface area (Å²) in [5, 5.41) is 12.8. The van der Waals surface area contributed by atoms with E-state index in [1.165, 1.54) is 0 Å². The number of carbonyl (C=O) groups is 1. The number of hydrogen-bond donors (Lipinski definition) is 3. The third-order valence-electron chi connectivity index (χ3n) is 9.06. The van der Waals surface area contributed by atoms with E-state index in [-0.39, 0.29) is 12.7 Å².